The number of anilines is 1. The topological polar surface area (TPSA) is 82.4 Å². The largest absolute Gasteiger partial charge is 0.508 e. The van der Waals surface area contributed by atoms with Crippen molar-refractivity contribution in [1.82, 2.24) is 19.8 Å². The molecule has 39 heavy (non-hydrogen) atoms. The second-order valence-corrected chi connectivity index (χ2v) is 9.85. The van der Waals surface area contributed by atoms with Crippen molar-refractivity contribution in [3.8, 4) is 11.4 Å². The van der Waals surface area contributed by atoms with Crippen LogP contribution in [0.3, 0.4) is 0 Å². The Morgan fingerprint density at radius 3 is 2.56 bits per heavy atom. The zero-order valence-electron chi connectivity index (χ0n) is 21.1. The number of aromatic hydroxyl groups is 1. The number of pyridine rings is 1. The summed E-state index contributed by atoms with van der Waals surface area (Å²) in [5.41, 5.74) is 3.58. The first-order valence-corrected chi connectivity index (χ1v) is 13.2. The number of fused-ring (bicyclic) bond motifs is 1. The Bertz CT molecular complexity index is 1630. The van der Waals surface area contributed by atoms with Gasteiger partial charge in [0.15, 0.2) is 5.11 Å². The lowest BCUT2D eigenvalue weighted by molar-refractivity contribution is -0.116. The van der Waals surface area contributed by atoms with Gasteiger partial charge in [-0.1, -0.05) is 42.5 Å². The SMILES string of the molecule is O=C(CCN1C(=S)NC(c2ccccn2)C1c1cccn1-c1ccc(O)cc1)Nc1cccc2ccccc12. The van der Waals surface area contributed by atoms with Gasteiger partial charge < -0.3 is 25.2 Å². The zero-order chi connectivity index (χ0) is 26.8. The molecule has 1 aliphatic rings. The molecule has 0 spiro atoms. The normalized spacial score (nSPS) is 16.8. The van der Waals surface area contributed by atoms with E-state index in [0.717, 1.165) is 33.5 Å². The van der Waals surface area contributed by atoms with Crippen LogP contribution in [0.1, 0.15) is 29.9 Å². The molecule has 0 aliphatic carbocycles. The van der Waals surface area contributed by atoms with Gasteiger partial charge in [-0.2, -0.15) is 0 Å². The molecule has 0 radical (unpaired) electrons. The van der Waals surface area contributed by atoms with Crippen molar-refractivity contribution < 1.29 is 9.90 Å². The van der Waals surface area contributed by atoms with Gasteiger partial charge in [-0.05, 0) is 72.2 Å². The summed E-state index contributed by atoms with van der Waals surface area (Å²) in [6, 6.07) is 30.5. The van der Waals surface area contributed by atoms with Crippen LogP contribution in [0.5, 0.6) is 5.75 Å². The lowest BCUT2D eigenvalue weighted by Gasteiger charge is -2.29. The fourth-order valence-corrected chi connectivity index (χ4v) is 5.55. The van der Waals surface area contributed by atoms with E-state index in [2.05, 4.69) is 31.2 Å². The number of hydrogen-bond donors (Lipinski definition) is 3. The number of hydrogen-bond acceptors (Lipinski definition) is 4. The molecule has 0 bridgehead atoms. The number of benzene rings is 3. The molecule has 1 saturated heterocycles. The molecule has 3 aromatic carbocycles. The maximum absolute atomic E-state index is 13.1. The van der Waals surface area contributed by atoms with E-state index < -0.39 is 0 Å². The molecule has 6 rings (SSSR count). The summed E-state index contributed by atoms with van der Waals surface area (Å²) in [6.07, 6.45) is 4.02. The summed E-state index contributed by atoms with van der Waals surface area (Å²) in [4.78, 5) is 19.8. The summed E-state index contributed by atoms with van der Waals surface area (Å²) in [5.74, 6) is 0.129. The molecule has 0 saturated carbocycles. The monoisotopic (exact) mass is 533 g/mol. The summed E-state index contributed by atoms with van der Waals surface area (Å²) in [7, 11) is 0. The molecular formula is C31H27N5O2S. The molecule has 1 fully saturated rings. The predicted molar refractivity (Wildman–Crippen MR) is 157 cm³/mol. The average Bonchev–Trinajstić information content (AvgIpc) is 3.57. The van der Waals surface area contributed by atoms with Crippen molar-refractivity contribution >= 4 is 39.7 Å². The molecule has 2 atom stereocenters. The number of phenols is 1. The van der Waals surface area contributed by atoms with Gasteiger partial charge in [-0.25, -0.2) is 0 Å². The number of carbonyl (C=O) groups excluding carboxylic acids is 1. The maximum Gasteiger partial charge on any atom is 0.226 e. The lowest BCUT2D eigenvalue weighted by atomic mass is 10.0. The Morgan fingerprint density at radius 1 is 0.949 bits per heavy atom. The molecule has 2 aromatic heterocycles. The number of aromatic nitrogens is 2. The molecule has 3 N–H and O–H groups in total. The summed E-state index contributed by atoms with van der Waals surface area (Å²) in [5, 5.41) is 19.0. The number of nitrogens with one attached hydrogen (secondary N) is 2. The minimum atomic E-state index is -0.207. The summed E-state index contributed by atoms with van der Waals surface area (Å²) in [6.45, 7) is 0.428. The van der Waals surface area contributed by atoms with Crippen LogP contribution >= 0.6 is 12.2 Å². The maximum atomic E-state index is 13.1. The van der Waals surface area contributed by atoms with Crippen molar-refractivity contribution in [3.63, 3.8) is 0 Å². The zero-order valence-corrected chi connectivity index (χ0v) is 21.9. The Morgan fingerprint density at radius 2 is 1.74 bits per heavy atom. The Kier molecular flexibility index (Phi) is 6.69. The van der Waals surface area contributed by atoms with Crippen LogP contribution in [-0.2, 0) is 4.79 Å². The molecule has 2 unspecified atom stereocenters. The number of amides is 1. The van der Waals surface area contributed by atoms with Gasteiger partial charge in [-0.15, -0.1) is 0 Å². The fourth-order valence-electron chi connectivity index (χ4n) is 5.22. The van der Waals surface area contributed by atoms with E-state index in [0.29, 0.717) is 11.7 Å². The molecule has 8 heteroatoms. The van der Waals surface area contributed by atoms with E-state index in [1.165, 1.54) is 0 Å². The number of phenolic OH excluding ortho intramolecular Hbond substituents is 1. The Labute approximate surface area is 231 Å². The van der Waals surface area contributed by atoms with Gasteiger partial charge in [0.05, 0.1) is 17.8 Å². The smallest absolute Gasteiger partial charge is 0.226 e. The Hall–Kier alpha value is -4.69. The fraction of sp³-hybridized carbons (Fsp3) is 0.129. The van der Waals surface area contributed by atoms with Crippen molar-refractivity contribution in [2.75, 3.05) is 11.9 Å². The van der Waals surface area contributed by atoms with Crippen LogP contribution in [0.4, 0.5) is 5.69 Å². The summed E-state index contributed by atoms with van der Waals surface area (Å²) < 4.78 is 2.08. The highest BCUT2D eigenvalue weighted by Gasteiger charge is 2.41. The number of nitrogens with zero attached hydrogens (tertiary/aromatic N) is 3. The molecule has 1 aliphatic heterocycles. The van der Waals surface area contributed by atoms with Crippen LogP contribution in [0.15, 0.2) is 109 Å². The summed E-state index contributed by atoms with van der Waals surface area (Å²) >= 11 is 5.80. The quantitative estimate of drug-likeness (QED) is 0.232. The first-order valence-electron chi connectivity index (χ1n) is 12.8. The third kappa shape index (κ3) is 4.94. The standard InChI is InChI=1S/C31H27N5O2S/c37-23-15-13-22(14-16-23)35-19-6-12-27(35)30-29(26-10-3-4-18-32-26)34-31(39)36(30)20-17-28(38)33-25-11-5-8-21-7-1-2-9-24(21)25/h1-16,18-19,29-30,37H,17,20H2,(H,33,38)(H,34,39). The van der Waals surface area contributed by atoms with Crippen LogP contribution in [0, 0.1) is 0 Å². The van der Waals surface area contributed by atoms with E-state index in [1.807, 2.05) is 85.1 Å². The van der Waals surface area contributed by atoms with Gasteiger partial charge in [0, 0.05) is 47.8 Å². The van der Waals surface area contributed by atoms with Crippen LogP contribution in [-0.4, -0.2) is 37.1 Å². The first-order chi connectivity index (χ1) is 19.1. The molecule has 3 heterocycles. The van der Waals surface area contributed by atoms with Crippen LogP contribution in [0.2, 0.25) is 0 Å². The number of carbonyl (C=O) groups is 1. The molecule has 7 nitrogen and oxygen atoms in total. The van der Waals surface area contributed by atoms with E-state index in [1.54, 1.807) is 18.3 Å². The molecule has 194 valence electrons. The number of thiocarbonyl (C=S) groups is 1. The molecule has 1 amide bonds. The second kappa shape index (κ2) is 10.6. The Balaban J connectivity index is 1.29. The van der Waals surface area contributed by atoms with Gasteiger partial charge in [0.2, 0.25) is 5.91 Å². The van der Waals surface area contributed by atoms with Crippen molar-refractivity contribution in [2.24, 2.45) is 0 Å². The first kappa shape index (κ1) is 24.6. The van der Waals surface area contributed by atoms with E-state index >= 15 is 0 Å². The van der Waals surface area contributed by atoms with Gasteiger partial charge in [0.25, 0.3) is 0 Å². The van der Waals surface area contributed by atoms with Crippen molar-refractivity contribution in [1.29, 1.82) is 0 Å². The predicted octanol–water partition coefficient (Wildman–Crippen LogP) is 5.73. The third-order valence-corrected chi connectivity index (χ3v) is 7.40. The molecule has 5 aromatic rings. The second-order valence-electron chi connectivity index (χ2n) is 9.46. The lowest BCUT2D eigenvalue weighted by Crippen LogP contribution is -2.33. The van der Waals surface area contributed by atoms with Gasteiger partial charge in [-0.3, -0.25) is 9.78 Å². The minimum Gasteiger partial charge on any atom is -0.508 e. The van der Waals surface area contributed by atoms with Crippen LogP contribution in [0.25, 0.3) is 16.5 Å². The highest BCUT2D eigenvalue weighted by Crippen LogP contribution is 2.39. The van der Waals surface area contributed by atoms with Crippen LogP contribution < -0.4 is 10.6 Å². The van der Waals surface area contributed by atoms with E-state index in [4.69, 9.17) is 12.2 Å². The van der Waals surface area contributed by atoms with Crippen molar-refractivity contribution in [3.05, 3.63) is 121 Å². The molecular weight excluding hydrogens is 506 g/mol. The third-order valence-electron chi connectivity index (χ3n) is 7.05. The highest BCUT2D eigenvalue weighted by molar-refractivity contribution is 7.80. The van der Waals surface area contributed by atoms with E-state index in [9.17, 15) is 9.90 Å². The minimum absolute atomic E-state index is 0.0805. The van der Waals surface area contributed by atoms with Crippen molar-refractivity contribution in [2.45, 2.75) is 18.5 Å². The number of rotatable bonds is 7. The average molecular weight is 534 g/mol. The van der Waals surface area contributed by atoms with Gasteiger partial charge >= 0.3 is 0 Å². The van der Waals surface area contributed by atoms with Gasteiger partial charge in [0.1, 0.15) is 5.75 Å². The van der Waals surface area contributed by atoms with E-state index in [-0.39, 0.29) is 30.2 Å². The highest BCUT2D eigenvalue weighted by atomic mass is 32.1.